The Morgan fingerprint density at radius 1 is 1.00 bits per heavy atom. The molecule has 0 aliphatic carbocycles. The normalized spacial score (nSPS) is 12.4. The molecule has 168 valence electrons. The molecule has 7 nitrogen and oxygen atoms in total. The van der Waals surface area contributed by atoms with Crippen LogP contribution < -0.4 is 19.5 Å². The molecule has 0 fully saturated rings. The summed E-state index contributed by atoms with van der Waals surface area (Å²) in [6, 6.07) is 13.9. The van der Waals surface area contributed by atoms with Crippen molar-refractivity contribution in [3.63, 3.8) is 0 Å². The number of amides is 2. The fraction of sp³-hybridized carbons (Fsp3) is 0.417. The van der Waals surface area contributed by atoms with Gasteiger partial charge in [0, 0.05) is 12.6 Å². The molecule has 31 heavy (non-hydrogen) atoms. The average Bonchev–Trinajstić information content (AvgIpc) is 2.80. The first-order valence-electron chi connectivity index (χ1n) is 10.4. The maximum Gasteiger partial charge on any atom is 0.261 e. The van der Waals surface area contributed by atoms with Crippen molar-refractivity contribution in [3.05, 3.63) is 54.1 Å². The lowest BCUT2D eigenvalue weighted by atomic mass is 10.1. The quantitative estimate of drug-likeness (QED) is 0.594. The smallest absolute Gasteiger partial charge is 0.261 e. The van der Waals surface area contributed by atoms with Gasteiger partial charge < -0.3 is 24.4 Å². The Bertz CT molecular complexity index is 871. The van der Waals surface area contributed by atoms with E-state index in [1.165, 1.54) is 4.90 Å². The summed E-state index contributed by atoms with van der Waals surface area (Å²) in [5, 5.41) is 2.95. The number of methoxy groups -OCH3 is 2. The number of hydrogen-bond donors (Lipinski definition) is 1. The summed E-state index contributed by atoms with van der Waals surface area (Å²) in [4.78, 5) is 27.4. The van der Waals surface area contributed by atoms with E-state index in [9.17, 15) is 9.59 Å². The summed E-state index contributed by atoms with van der Waals surface area (Å²) in [6.45, 7) is 5.68. The molecule has 7 heteroatoms. The third-order valence-electron chi connectivity index (χ3n) is 5.08. The van der Waals surface area contributed by atoms with E-state index in [1.807, 2.05) is 44.2 Å². The van der Waals surface area contributed by atoms with Gasteiger partial charge in [-0.15, -0.1) is 0 Å². The molecule has 0 aromatic heterocycles. The minimum absolute atomic E-state index is 0.0218. The van der Waals surface area contributed by atoms with Gasteiger partial charge in [0.15, 0.2) is 18.1 Å². The van der Waals surface area contributed by atoms with Crippen molar-refractivity contribution in [2.24, 2.45) is 0 Å². The summed E-state index contributed by atoms with van der Waals surface area (Å²) < 4.78 is 16.3. The minimum atomic E-state index is -0.672. The lowest BCUT2D eigenvalue weighted by molar-refractivity contribution is -0.142. The van der Waals surface area contributed by atoms with Crippen LogP contribution >= 0.6 is 0 Å². The highest BCUT2D eigenvalue weighted by Crippen LogP contribution is 2.26. The van der Waals surface area contributed by atoms with Crippen LogP contribution in [0.5, 0.6) is 17.2 Å². The van der Waals surface area contributed by atoms with Gasteiger partial charge in [0.2, 0.25) is 5.91 Å². The van der Waals surface area contributed by atoms with E-state index in [2.05, 4.69) is 5.32 Å². The number of benzene rings is 2. The summed E-state index contributed by atoms with van der Waals surface area (Å²) >= 11 is 0. The highest BCUT2D eigenvalue weighted by molar-refractivity contribution is 5.88. The third-order valence-corrected chi connectivity index (χ3v) is 5.08. The lowest BCUT2D eigenvalue weighted by Crippen LogP contribution is -2.50. The van der Waals surface area contributed by atoms with E-state index in [0.717, 1.165) is 12.0 Å². The van der Waals surface area contributed by atoms with Crippen molar-refractivity contribution in [2.75, 3.05) is 20.8 Å². The number of nitrogens with zero attached hydrogens (tertiary/aromatic N) is 1. The number of carbonyl (C=O) groups excluding carboxylic acids is 2. The highest BCUT2D eigenvalue weighted by atomic mass is 16.5. The molecule has 1 N–H and O–H groups in total. The average molecular weight is 429 g/mol. The molecule has 2 atom stereocenters. The molecule has 0 unspecified atom stereocenters. The van der Waals surface area contributed by atoms with Crippen LogP contribution in [0.2, 0.25) is 0 Å². The second-order valence-electron chi connectivity index (χ2n) is 7.31. The minimum Gasteiger partial charge on any atom is -0.497 e. The number of carbonyl (C=O) groups is 2. The maximum atomic E-state index is 13.1. The first-order valence-corrected chi connectivity index (χ1v) is 10.4. The van der Waals surface area contributed by atoms with E-state index >= 15 is 0 Å². The Morgan fingerprint density at radius 2 is 1.71 bits per heavy atom. The SMILES string of the molecule is CC[C@H](C)NC(=O)[C@H](C)N(Cc1cccc(OC)c1)C(=O)COc1ccccc1OC. The molecule has 2 aromatic carbocycles. The van der Waals surface area contributed by atoms with Crippen LogP contribution in [0, 0.1) is 0 Å². The van der Waals surface area contributed by atoms with Gasteiger partial charge in [-0.3, -0.25) is 9.59 Å². The maximum absolute atomic E-state index is 13.1. The Morgan fingerprint density at radius 3 is 2.35 bits per heavy atom. The molecule has 2 aromatic rings. The summed E-state index contributed by atoms with van der Waals surface area (Å²) in [6.07, 6.45) is 0.805. The number of hydrogen-bond acceptors (Lipinski definition) is 5. The Balaban J connectivity index is 2.20. The van der Waals surface area contributed by atoms with Crippen molar-refractivity contribution in [3.8, 4) is 17.2 Å². The van der Waals surface area contributed by atoms with Crippen LogP contribution in [0.1, 0.15) is 32.8 Å². The van der Waals surface area contributed by atoms with Crippen molar-refractivity contribution in [2.45, 2.75) is 45.8 Å². The molecular weight excluding hydrogens is 396 g/mol. The molecule has 2 amide bonds. The molecular formula is C24H32N2O5. The number of ether oxygens (including phenoxy) is 3. The second-order valence-corrected chi connectivity index (χ2v) is 7.31. The van der Waals surface area contributed by atoms with E-state index < -0.39 is 6.04 Å². The molecule has 0 saturated heterocycles. The summed E-state index contributed by atoms with van der Waals surface area (Å²) in [5.41, 5.74) is 0.855. The molecule has 0 heterocycles. The predicted molar refractivity (Wildman–Crippen MR) is 119 cm³/mol. The Kier molecular flexibility index (Phi) is 9.18. The largest absolute Gasteiger partial charge is 0.497 e. The first kappa shape index (κ1) is 24.1. The molecule has 0 aliphatic heterocycles. The standard InChI is InChI=1S/C24H32N2O5/c1-6-17(2)25-24(28)18(3)26(15-19-10-9-11-20(14-19)29-4)23(27)16-31-22-13-8-7-12-21(22)30-5/h7-14,17-18H,6,15-16H2,1-5H3,(H,25,28)/t17-,18-/m0/s1. The summed E-state index contributed by atoms with van der Waals surface area (Å²) in [5.74, 6) is 1.18. The number of rotatable bonds is 11. The van der Waals surface area contributed by atoms with Crippen molar-refractivity contribution >= 4 is 11.8 Å². The number of para-hydroxylation sites is 2. The monoisotopic (exact) mass is 428 g/mol. The predicted octanol–water partition coefficient (Wildman–Crippen LogP) is 3.41. The molecule has 0 saturated carbocycles. The van der Waals surface area contributed by atoms with Crippen molar-refractivity contribution in [1.29, 1.82) is 0 Å². The topological polar surface area (TPSA) is 77.1 Å². The number of nitrogens with one attached hydrogen (secondary N) is 1. The van der Waals surface area contributed by atoms with Crippen molar-refractivity contribution in [1.82, 2.24) is 10.2 Å². The van der Waals surface area contributed by atoms with Gasteiger partial charge in [-0.25, -0.2) is 0 Å². The molecule has 0 bridgehead atoms. The fourth-order valence-electron chi connectivity index (χ4n) is 2.98. The van der Waals surface area contributed by atoms with Gasteiger partial charge in [0.25, 0.3) is 5.91 Å². The van der Waals surface area contributed by atoms with E-state index in [-0.39, 0.29) is 31.0 Å². The highest BCUT2D eigenvalue weighted by Gasteiger charge is 2.27. The van der Waals surface area contributed by atoms with Crippen LogP contribution in [0.25, 0.3) is 0 Å². The van der Waals surface area contributed by atoms with Gasteiger partial charge in [0.1, 0.15) is 11.8 Å². The fourth-order valence-corrected chi connectivity index (χ4v) is 2.98. The van der Waals surface area contributed by atoms with Gasteiger partial charge >= 0.3 is 0 Å². The van der Waals surface area contributed by atoms with E-state index in [1.54, 1.807) is 39.3 Å². The van der Waals surface area contributed by atoms with Gasteiger partial charge in [-0.05, 0) is 50.1 Å². The van der Waals surface area contributed by atoms with E-state index in [4.69, 9.17) is 14.2 Å². The molecule has 0 aliphatic rings. The Hall–Kier alpha value is -3.22. The zero-order valence-corrected chi connectivity index (χ0v) is 18.9. The Labute approximate surface area is 184 Å². The molecule has 2 rings (SSSR count). The second kappa shape index (κ2) is 11.8. The lowest BCUT2D eigenvalue weighted by Gasteiger charge is -2.29. The zero-order valence-electron chi connectivity index (χ0n) is 18.9. The zero-order chi connectivity index (χ0) is 22.8. The van der Waals surface area contributed by atoms with Crippen molar-refractivity contribution < 1.29 is 23.8 Å². The molecule has 0 radical (unpaired) electrons. The molecule has 0 spiro atoms. The summed E-state index contributed by atoms with van der Waals surface area (Å²) in [7, 11) is 3.13. The van der Waals surface area contributed by atoms with E-state index in [0.29, 0.717) is 17.2 Å². The third kappa shape index (κ3) is 6.91. The van der Waals surface area contributed by atoms with Gasteiger partial charge in [-0.1, -0.05) is 31.2 Å². The van der Waals surface area contributed by atoms with Crippen LogP contribution in [0.3, 0.4) is 0 Å². The van der Waals surface area contributed by atoms with Crippen LogP contribution in [-0.2, 0) is 16.1 Å². The van der Waals surface area contributed by atoms with Crippen LogP contribution in [0.15, 0.2) is 48.5 Å². The van der Waals surface area contributed by atoms with Crippen LogP contribution in [-0.4, -0.2) is 49.6 Å². The van der Waals surface area contributed by atoms with Gasteiger partial charge in [-0.2, -0.15) is 0 Å². The van der Waals surface area contributed by atoms with Gasteiger partial charge in [0.05, 0.1) is 14.2 Å². The first-order chi connectivity index (χ1) is 14.9. The van der Waals surface area contributed by atoms with Crippen LogP contribution in [0.4, 0.5) is 0 Å².